The molecule has 0 bridgehead atoms. The van der Waals surface area contributed by atoms with Gasteiger partial charge in [0, 0.05) is 62.5 Å². The molecule has 3 heterocycles. The molecule has 0 radical (unpaired) electrons. The maximum Gasteiger partial charge on any atom is 0.227 e. The molecule has 0 saturated carbocycles. The molecule has 2 aromatic carbocycles. The Morgan fingerprint density at radius 3 is 2.58 bits per heavy atom. The number of piperazine rings is 1. The van der Waals surface area contributed by atoms with Gasteiger partial charge in [0.2, 0.25) is 5.95 Å². The van der Waals surface area contributed by atoms with E-state index in [0.717, 1.165) is 56.0 Å². The van der Waals surface area contributed by atoms with Crippen molar-refractivity contribution in [2.45, 2.75) is 23.8 Å². The second kappa shape index (κ2) is 12.1. The summed E-state index contributed by atoms with van der Waals surface area (Å²) >= 11 is 0. The van der Waals surface area contributed by atoms with Crippen LogP contribution in [0.2, 0.25) is 0 Å². The lowest BCUT2D eigenvalue weighted by molar-refractivity contribution is 0.0259. The first-order valence-electron chi connectivity index (χ1n) is 12.8. The molecule has 10 nitrogen and oxygen atoms in total. The van der Waals surface area contributed by atoms with Gasteiger partial charge in [0.05, 0.1) is 36.6 Å². The maximum atomic E-state index is 13.2. The predicted molar refractivity (Wildman–Crippen MR) is 148 cm³/mol. The van der Waals surface area contributed by atoms with E-state index in [9.17, 15) is 4.21 Å². The minimum absolute atomic E-state index is 0.120. The minimum Gasteiger partial charge on any atom is -0.495 e. The van der Waals surface area contributed by atoms with E-state index in [1.54, 1.807) is 13.3 Å². The van der Waals surface area contributed by atoms with E-state index < -0.39 is 11.0 Å². The summed E-state index contributed by atoms with van der Waals surface area (Å²) in [4.78, 5) is 11.9. The van der Waals surface area contributed by atoms with Crippen LogP contribution < -0.4 is 20.5 Å². The SMILES string of the molecule is COc1cc(Nc2nccc(-c3ccc(OC4CCOCC4)c(N)c3)n2)ccc1S(=O)N1CCN(C)CC1. The molecule has 3 N–H and O–H groups in total. The summed E-state index contributed by atoms with van der Waals surface area (Å²) in [5.41, 5.74) is 9.20. The number of rotatable bonds is 8. The molecule has 2 saturated heterocycles. The average Bonchev–Trinajstić information content (AvgIpc) is 2.95. The highest BCUT2D eigenvalue weighted by molar-refractivity contribution is 7.82. The number of benzene rings is 2. The van der Waals surface area contributed by atoms with Gasteiger partial charge < -0.3 is 30.2 Å². The highest BCUT2D eigenvalue weighted by Crippen LogP contribution is 2.31. The highest BCUT2D eigenvalue weighted by atomic mass is 32.2. The summed E-state index contributed by atoms with van der Waals surface area (Å²) in [7, 11) is 2.37. The van der Waals surface area contributed by atoms with Crippen molar-refractivity contribution in [2.75, 3.05) is 64.6 Å². The summed E-state index contributed by atoms with van der Waals surface area (Å²) < 4.78 is 32.2. The van der Waals surface area contributed by atoms with E-state index in [-0.39, 0.29) is 6.10 Å². The fourth-order valence-corrected chi connectivity index (χ4v) is 5.75. The van der Waals surface area contributed by atoms with Gasteiger partial charge in [-0.15, -0.1) is 0 Å². The lowest BCUT2D eigenvalue weighted by Crippen LogP contribution is -2.45. The van der Waals surface area contributed by atoms with Crippen LogP contribution in [-0.2, 0) is 15.7 Å². The van der Waals surface area contributed by atoms with E-state index in [4.69, 9.17) is 19.9 Å². The van der Waals surface area contributed by atoms with Gasteiger partial charge in [-0.3, -0.25) is 0 Å². The number of aromatic nitrogens is 2. The molecule has 1 atom stereocenters. The van der Waals surface area contributed by atoms with Crippen molar-refractivity contribution in [1.82, 2.24) is 19.2 Å². The van der Waals surface area contributed by atoms with E-state index in [2.05, 4.69) is 27.2 Å². The Kier molecular flexibility index (Phi) is 8.38. The number of anilines is 3. The third-order valence-corrected chi connectivity index (χ3v) is 8.28. The summed E-state index contributed by atoms with van der Waals surface area (Å²) in [6.07, 6.45) is 3.54. The average molecular weight is 539 g/mol. The molecule has 11 heteroatoms. The zero-order valence-electron chi connectivity index (χ0n) is 21.8. The molecule has 38 heavy (non-hydrogen) atoms. The Hall–Kier alpha value is -3.25. The van der Waals surface area contributed by atoms with E-state index in [1.165, 1.54) is 0 Å². The quantitative estimate of drug-likeness (QED) is 0.417. The van der Waals surface area contributed by atoms with Gasteiger partial charge in [0.1, 0.15) is 28.6 Å². The molecule has 0 aliphatic carbocycles. The number of ether oxygens (including phenoxy) is 3. The lowest BCUT2D eigenvalue weighted by Gasteiger charge is -2.31. The first-order valence-corrected chi connectivity index (χ1v) is 13.9. The van der Waals surface area contributed by atoms with Gasteiger partial charge in [0.15, 0.2) is 0 Å². The number of likely N-dealkylation sites (N-methyl/N-ethyl adjacent to an activating group) is 1. The molecular weight excluding hydrogens is 504 g/mol. The Bertz CT molecular complexity index is 1280. The minimum atomic E-state index is -1.29. The zero-order valence-corrected chi connectivity index (χ0v) is 22.6. The van der Waals surface area contributed by atoms with Crippen LogP contribution in [0.1, 0.15) is 12.8 Å². The van der Waals surface area contributed by atoms with Gasteiger partial charge in [0.25, 0.3) is 0 Å². The number of nitrogens with two attached hydrogens (primary N) is 1. The standard InChI is InChI=1S/C27H34N6O4S/c1-32-11-13-33(14-12-32)38(34)26-6-4-20(18-25(26)35-2)30-27-29-10-7-23(31-27)19-3-5-24(22(28)17-19)37-21-8-15-36-16-9-21/h3-7,10,17-18,21H,8-9,11-16,28H2,1-2H3,(H,29,30,31). The molecule has 2 aliphatic rings. The normalized spacial score (nSPS) is 18.2. The molecule has 2 aliphatic heterocycles. The summed E-state index contributed by atoms with van der Waals surface area (Å²) in [6.45, 7) is 4.70. The molecule has 0 amide bonds. The summed E-state index contributed by atoms with van der Waals surface area (Å²) in [5, 5.41) is 3.23. The van der Waals surface area contributed by atoms with E-state index in [1.807, 2.05) is 46.8 Å². The van der Waals surface area contributed by atoms with Gasteiger partial charge in [-0.2, -0.15) is 0 Å². The van der Waals surface area contributed by atoms with Crippen molar-refractivity contribution in [3.05, 3.63) is 48.7 Å². The van der Waals surface area contributed by atoms with Crippen molar-refractivity contribution in [1.29, 1.82) is 0 Å². The van der Waals surface area contributed by atoms with Crippen LogP contribution in [0.5, 0.6) is 11.5 Å². The number of methoxy groups -OCH3 is 1. The van der Waals surface area contributed by atoms with Crippen molar-refractivity contribution in [2.24, 2.45) is 0 Å². The van der Waals surface area contributed by atoms with Crippen LogP contribution in [0.4, 0.5) is 17.3 Å². The monoisotopic (exact) mass is 538 g/mol. The first kappa shape index (κ1) is 26.4. The molecular formula is C27H34N6O4S. The van der Waals surface area contributed by atoms with Crippen molar-refractivity contribution >= 4 is 28.3 Å². The van der Waals surface area contributed by atoms with Crippen LogP contribution in [0.3, 0.4) is 0 Å². The maximum absolute atomic E-state index is 13.2. The van der Waals surface area contributed by atoms with Gasteiger partial charge >= 0.3 is 0 Å². The molecule has 0 spiro atoms. The topological polar surface area (TPSA) is 115 Å². The van der Waals surface area contributed by atoms with Crippen molar-refractivity contribution < 1.29 is 18.4 Å². The molecule has 1 unspecified atom stereocenters. The molecule has 2 fully saturated rings. The Balaban J connectivity index is 1.29. The van der Waals surface area contributed by atoms with E-state index >= 15 is 0 Å². The molecule has 1 aromatic heterocycles. The second-order valence-electron chi connectivity index (χ2n) is 9.42. The Morgan fingerprint density at radius 2 is 1.84 bits per heavy atom. The lowest BCUT2D eigenvalue weighted by atomic mass is 10.1. The molecule has 5 rings (SSSR count). The fraction of sp³-hybridized carbons (Fsp3) is 0.407. The van der Waals surface area contributed by atoms with Crippen molar-refractivity contribution in [3.63, 3.8) is 0 Å². The number of nitrogens with zero attached hydrogens (tertiary/aromatic N) is 4. The van der Waals surface area contributed by atoms with Crippen LogP contribution in [0.25, 0.3) is 11.3 Å². The van der Waals surface area contributed by atoms with Gasteiger partial charge in [-0.05, 0) is 43.4 Å². The largest absolute Gasteiger partial charge is 0.495 e. The van der Waals surface area contributed by atoms with Crippen LogP contribution in [0, 0.1) is 0 Å². The second-order valence-corrected chi connectivity index (χ2v) is 10.9. The predicted octanol–water partition coefficient (Wildman–Crippen LogP) is 3.31. The third-order valence-electron chi connectivity index (χ3n) is 6.73. The Labute approximate surface area is 225 Å². The smallest absolute Gasteiger partial charge is 0.227 e. The third kappa shape index (κ3) is 6.24. The Morgan fingerprint density at radius 1 is 1.05 bits per heavy atom. The number of nitrogens with one attached hydrogen (secondary N) is 1. The van der Waals surface area contributed by atoms with E-state index in [0.29, 0.717) is 41.2 Å². The fourth-order valence-electron chi connectivity index (χ4n) is 4.48. The van der Waals surface area contributed by atoms with Crippen molar-refractivity contribution in [3.8, 4) is 22.8 Å². The molecule has 3 aromatic rings. The first-order chi connectivity index (χ1) is 18.5. The summed E-state index contributed by atoms with van der Waals surface area (Å²) in [6, 6.07) is 13.1. The highest BCUT2D eigenvalue weighted by Gasteiger charge is 2.23. The van der Waals surface area contributed by atoms with Crippen LogP contribution in [0.15, 0.2) is 53.6 Å². The zero-order chi connectivity index (χ0) is 26.5. The molecule has 202 valence electrons. The number of hydrogen-bond acceptors (Lipinski definition) is 9. The summed E-state index contributed by atoms with van der Waals surface area (Å²) in [5.74, 6) is 1.66. The number of nitrogen functional groups attached to an aromatic ring is 1. The number of hydrogen-bond donors (Lipinski definition) is 2. The van der Waals surface area contributed by atoms with Gasteiger partial charge in [-0.1, -0.05) is 0 Å². The van der Waals surface area contributed by atoms with Crippen LogP contribution in [-0.4, -0.2) is 83.0 Å². The van der Waals surface area contributed by atoms with Gasteiger partial charge in [-0.25, -0.2) is 18.5 Å². The van der Waals surface area contributed by atoms with Crippen LogP contribution >= 0.6 is 0 Å².